The van der Waals surface area contributed by atoms with Crippen molar-refractivity contribution in [2.75, 3.05) is 26.3 Å². The molecule has 0 saturated heterocycles. The SMILES string of the molecule is CC(C)(CNC(=O)COc1c(Cl)cccc1C1=NNC(=O)CC1)NCC(O)COc1ccccc1C#N. The monoisotopic (exact) mass is 527 g/mol. The lowest BCUT2D eigenvalue weighted by atomic mass is 10.0. The lowest BCUT2D eigenvalue weighted by Gasteiger charge is -2.28. The van der Waals surface area contributed by atoms with Crippen LogP contribution in [-0.2, 0) is 9.59 Å². The maximum Gasteiger partial charge on any atom is 0.258 e. The maximum absolute atomic E-state index is 12.5. The second-order valence-electron chi connectivity index (χ2n) is 9.11. The van der Waals surface area contributed by atoms with E-state index in [1.807, 2.05) is 19.9 Å². The summed E-state index contributed by atoms with van der Waals surface area (Å²) in [7, 11) is 0. The summed E-state index contributed by atoms with van der Waals surface area (Å²) >= 11 is 6.30. The number of hydrogen-bond acceptors (Lipinski definition) is 8. The molecule has 0 fully saturated rings. The van der Waals surface area contributed by atoms with Gasteiger partial charge in [-0.25, -0.2) is 5.43 Å². The van der Waals surface area contributed by atoms with Crippen LogP contribution in [0.25, 0.3) is 0 Å². The van der Waals surface area contributed by atoms with Gasteiger partial charge in [0.05, 0.1) is 16.3 Å². The molecule has 1 unspecified atom stereocenters. The molecule has 4 N–H and O–H groups in total. The van der Waals surface area contributed by atoms with Gasteiger partial charge in [0.2, 0.25) is 5.91 Å². The van der Waals surface area contributed by atoms with E-state index in [1.54, 1.807) is 42.5 Å². The smallest absolute Gasteiger partial charge is 0.258 e. The summed E-state index contributed by atoms with van der Waals surface area (Å²) in [6.45, 7) is 4.00. The van der Waals surface area contributed by atoms with E-state index in [2.05, 4.69) is 21.2 Å². The van der Waals surface area contributed by atoms with Crippen molar-refractivity contribution in [1.29, 1.82) is 5.26 Å². The molecule has 196 valence electrons. The van der Waals surface area contributed by atoms with Crippen molar-refractivity contribution in [3.63, 3.8) is 0 Å². The van der Waals surface area contributed by atoms with Crippen LogP contribution in [0.5, 0.6) is 11.5 Å². The van der Waals surface area contributed by atoms with Crippen molar-refractivity contribution in [1.82, 2.24) is 16.1 Å². The molecule has 1 atom stereocenters. The Labute approximate surface area is 220 Å². The molecule has 2 amide bonds. The van der Waals surface area contributed by atoms with E-state index < -0.39 is 11.6 Å². The third kappa shape index (κ3) is 8.46. The Kier molecular flexibility index (Phi) is 9.85. The van der Waals surface area contributed by atoms with Crippen molar-refractivity contribution < 1.29 is 24.2 Å². The second kappa shape index (κ2) is 13.1. The molecule has 3 rings (SSSR count). The second-order valence-corrected chi connectivity index (χ2v) is 9.52. The topological polar surface area (TPSA) is 145 Å². The number of rotatable bonds is 12. The fourth-order valence-electron chi connectivity index (χ4n) is 3.45. The van der Waals surface area contributed by atoms with Crippen LogP contribution in [0.1, 0.15) is 37.8 Å². The number of halogens is 1. The van der Waals surface area contributed by atoms with E-state index in [1.165, 1.54) is 0 Å². The molecule has 10 nitrogen and oxygen atoms in total. The fourth-order valence-corrected chi connectivity index (χ4v) is 3.68. The number of hydrazone groups is 1. The first-order chi connectivity index (χ1) is 17.7. The summed E-state index contributed by atoms with van der Waals surface area (Å²) < 4.78 is 11.3. The van der Waals surface area contributed by atoms with E-state index in [0.29, 0.717) is 46.2 Å². The van der Waals surface area contributed by atoms with E-state index in [9.17, 15) is 14.7 Å². The highest BCUT2D eigenvalue weighted by atomic mass is 35.5. The highest BCUT2D eigenvalue weighted by Crippen LogP contribution is 2.30. The zero-order chi connectivity index (χ0) is 26.8. The van der Waals surface area contributed by atoms with Crippen LogP contribution in [-0.4, -0.2) is 60.6 Å². The summed E-state index contributed by atoms with van der Waals surface area (Å²) in [5.74, 6) is 0.232. The number of carbonyl (C=O) groups is 2. The molecule has 11 heteroatoms. The van der Waals surface area contributed by atoms with E-state index in [-0.39, 0.29) is 38.1 Å². The fraction of sp³-hybridized carbons (Fsp3) is 0.385. The number of nitrogens with zero attached hydrogens (tertiary/aromatic N) is 2. The molecule has 0 aliphatic carbocycles. The summed E-state index contributed by atoms with van der Waals surface area (Å²) in [4.78, 5) is 23.9. The average molecular weight is 528 g/mol. The Morgan fingerprint density at radius 1 is 1.24 bits per heavy atom. The molecule has 1 heterocycles. The van der Waals surface area contributed by atoms with E-state index >= 15 is 0 Å². The summed E-state index contributed by atoms with van der Waals surface area (Å²) in [6, 6.07) is 14.0. The minimum absolute atomic E-state index is 0.0110. The number of carbonyl (C=O) groups excluding carboxylic acids is 2. The van der Waals surface area contributed by atoms with Crippen molar-refractivity contribution in [3.8, 4) is 17.6 Å². The van der Waals surface area contributed by atoms with Crippen molar-refractivity contribution in [2.24, 2.45) is 5.10 Å². The average Bonchev–Trinajstić information content (AvgIpc) is 2.89. The number of para-hydroxylation sites is 2. The van der Waals surface area contributed by atoms with Gasteiger partial charge in [-0.05, 0) is 38.1 Å². The first kappa shape index (κ1) is 27.9. The quantitative estimate of drug-likeness (QED) is 0.331. The molecule has 2 aromatic carbocycles. The summed E-state index contributed by atoms with van der Waals surface area (Å²) in [5.41, 5.74) is 3.56. The van der Waals surface area contributed by atoms with Gasteiger partial charge >= 0.3 is 0 Å². The normalized spacial score (nSPS) is 14.1. The van der Waals surface area contributed by atoms with Gasteiger partial charge in [0.25, 0.3) is 5.91 Å². The zero-order valence-corrected chi connectivity index (χ0v) is 21.5. The van der Waals surface area contributed by atoms with E-state index in [4.69, 9.17) is 26.3 Å². The zero-order valence-electron chi connectivity index (χ0n) is 20.7. The molecule has 0 saturated carbocycles. The molecule has 37 heavy (non-hydrogen) atoms. The lowest BCUT2D eigenvalue weighted by molar-refractivity contribution is -0.123. The minimum atomic E-state index is -0.823. The van der Waals surface area contributed by atoms with Gasteiger partial charge in [-0.1, -0.05) is 29.8 Å². The molecule has 1 aliphatic heterocycles. The Morgan fingerprint density at radius 2 is 2.03 bits per heavy atom. The third-order valence-corrected chi connectivity index (χ3v) is 5.81. The van der Waals surface area contributed by atoms with Crippen LogP contribution < -0.4 is 25.5 Å². The number of amides is 2. The largest absolute Gasteiger partial charge is 0.489 e. The Hall–Kier alpha value is -3.65. The third-order valence-electron chi connectivity index (χ3n) is 5.51. The Bertz CT molecular complexity index is 1190. The first-order valence-corrected chi connectivity index (χ1v) is 12.1. The number of benzene rings is 2. The number of β-amino-alcohol motifs (C(OH)–C–C–N with tert-alkyl or cyclic N) is 1. The van der Waals surface area contributed by atoms with Crippen molar-refractivity contribution in [2.45, 2.75) is 38.3 Å². The number of aliphatic hydroxyl groups is 1. The van der Waals surface area contributed by atoms with E-state index in [0.717, 1.165) is 0 Å². The van der Waals surface area contributed by atoms with Crippen molar-refractivity contribution in [3.05, 3.63) is 58.6 Å². The van der Waals surface area contributed by atoms with Gasteiger partial charge in [-0.15, -0.1) is 0 Å². The molecular weight excluding hydrogens is 498 g/mol. The van der Waals surface area contributed by atoms with Crippen LogP contribution >= 0.6 is 11.6 Å². The standard InChI is InChI=1S/C26H30ClN5O5/c1-26(2,30-13-18(33)14-36-22-9-4-3-6-17(22)12-28)16-29-24(35)15-37-25-19(7-5-8-20(25)27)21-10-11-23(34)32-31-21/h3-9,18,30,33H,10-11,13-16H2,1-2H3,(H,29,35)(H,32,34). The summed E-state index contributed by atoms with van der Waals surface area (Å²) in [6.07, 6.45) is -0.0753. The number of hydrogen-bond donors (Lipinski definition) is 4. The van der Waals surface area contributed by atoms with Gasteiger partial charge in [0, 0.05) is 37.0 Å². The van der Waals surface area contributed by atoms with Gasteiger partial charge < -0.3 is 25.2 Å². The Morgan fingerprint density at radius 3 is 2.76 bits per heavy atom. The van der Waals surface area contributed by atoms with Gasteiger partial charge in [-0.2, -0.15) is 10.4 Å². The predicted molar refractivity (Wildman–Crippen MR) is 139 cm³/mol. The number of nitrogens with one attached hydrogen (secondary N) is 3. The minimum Gasteiger partial charge on any atom is -0.489 e. The van der Waals surface area contributed by atoms with Crippen LogP contribution in [0.15, 0.2) is 47.6 Å². The molecule has 0 spiro atoms. The highest BCUT2D eigenvalue weighted by molar-refractivity contribution is 6.32. The van der Waals surface area contributed by atoms with Crippen molar-refractivity contribution >= 4 is 29.1 Å². The van der Waals surface area contributed by atoms with Crippen LogP contribution in [0, 0.1) is 11.3 Å². The molecular formula is C26H30ClN5O5. The lowest BCUT2D eigenvalue weighted by Crippen LogP contribution is -2.52. The van der Waals surface area contributed by atoms with Crippen LogP contribution in [0.3, 0.4) is 0 Å². The Balaban J connectivity index is 1.45. The van der Waals surface area contributed by atoms with Gasteiger partial charge in [0.1, 0.15) is 30.3 Å². The molecule has 1 aliphatic rings. The molecule has 0 aromatic heterocycles. The maximum atomic E-state index is 12.5. The number of aliphatic hydroxyl groups excluding tert-OH is 1. The predicted octanol–water partition coefficient (Wildman–Crippen LogP) is 2.13. The molecule has 2 aromatic rings. The molecule has 0 radical (unpaired) electrons. The van der Waals surface area contributed by atoms with Crippen LogP contribution in [0.2, 0.25) is 5.02 Å². The van der Waals surface area contributed by atoms with Gasteiger partial charge in [-0.3, -0.25) is 9.59 Å². The highest BCUT2D eigenvalue weighted by Gasteiger charge is 2.22. The van der Waals surface area contributed by atoms with Gasteiger partial charge in [0.15, 0.2) is 6.61 Å². The molecule has 0 bridgehead atoms. The first-order valence-electron chi connectivity index (χ1n) is 11.8. The number of ether oxygens (including phenoxy) is 2. The van der Waals surface area contributed by atoms with Crippen LogP contribution in [0.4, 0.5) is 0 Å². The number of nitriles is 1. The summed E-state index contributed by atoms with van der Waals surface area (Å²) in [5, 5.41) is 29.8.